The van der Waals surface area contributed by atoms with Crippen LogP contribution in [0.3, 0.4) is 0 Å². The van der Waals surface area contributed by atoms with Crippen LogP contribution in [0, 0.1) is 12.3 Å². The molecule has 8 heteroatoms. The van der Waals surface area contributed by atoms with Crippen LogP contribution in [0.15, 0.2) is 4.99 Å². The van der Waals surface area contributed by atoms with E-state index in [9.17, 15) is 4.79 Å². The summed E-state index contributed by atoms with van der Waals surface area (Å²) in [5.41, 5.74) is 1.12. The molecule has 0 bridgehead atoms. The Kier molecular flexibility index (Phi) is 10.0. The number of carbonyl (C=O) groups excluding carboxylic acids is 1. The van der Waals surface area contributed by atoms with E-state index in [-0.39, 0.29) is 36.0 Å². The summed E-state index contributed by atoms with van der Waals surface area (Å²) < 4.78 is 5.10. The van der Waals surface area contributed by atoms with Gasteiger partial charge in [0.15, 0.2) is 5.96 Å². The summed E-state index contributed by atoms with van der Waals surface area (Å²) in [6.07, 6.45) is 6.43. The Hall–Kier alpha value is -0.900. The van der Waals surface area contributed by atoms with Gasteiger partial charge in [-0.1, -0.05) is 19.8 Å². The third kappa shape index (κ3) is 6.30. The van der Waals surface area contributed by atoms with Crippen molar-refractivity contribution in [1.82, 2.24) is 15.6 Å². The maximum absolute atomic E-state index is 12.0. The topological polar surface area (TPSA) is 75.6 Å². The third-order valence-corrected chi connectivity index (χ3v) is 6.59. The van der Waals surface area contributed by atoms with Crippen molar-refractivity contribution in [3.05, 3.63) is 15.6 Å². The maximum atomic E-state index is 12.0. The second-order valence-electron chi connectivity index (χ2n) is 7.04. The minimum absolute atomic E-state index is 0. The lowest BCUT2D eigenvalue weighted by Gasteiger charge is -2.29. The number of hydrogen-bond acceptors (Lipinski definition) is 5. The first-order valence-corrected chi connectivity index (χ1v) is 10.4. The van der Waals surface area contributed by atoms with Gasteiger partial charge in [0.05, 0.1) is 18.3 Å². The minimum Gasteiger partial charge on any atom is -0.462 e. The van der Waals surface area contributed by atoms with Crippen molar-refractivity contribution in [2.45, 2.75) is 65.8 Å². The van der Waals surface area contributed by atoms with Crippen molar-refractivity contribution in [3.63, 3.8) is 0 Å². The monoisotopic (exact) mass is 508 g/mol. The highest BCUT2D eigenvalue weighted by Crippen LogP contribution is 2.40. The quantitative estimate of drug-likeness (QED) is 0.247. The zero-order valence-corrected chi connectivity index (χ0v) is 20.2. The Morgan fingerprint density at radius 2 is 2.04 bits per heavy atom. The lowest BCUT2D eigenvalue weighted by atomic mass is 9.83. The molecular formula is C19H33IN4O2S. The van der Waals surface area contributed by atoms with E-state index in [0.717, 1.165) is 23.2 Å². The van der Waals surface area contributed by atoms with E-state index >= 15 is 0 Å². The van der Waals surface area contributed by atoms with E-state index in [1.54, 1.807) is 7.05 Å². The fourth-order valence-corrected chi connectivity index (χ4v) is 4.46. The van der Waals surface area contributed by atoms with Crippen molar-refractivity contribution in [3.8, 4) is 0 Å². The van der Waals surface area contributed by atoms with Crippen LogP contribution in [0.2, 0.25) is 0 Å². The molecule has 1 atom stereocenters. The van der Waals surface area contributed by atoms with Crippen molar-refractivity contribution < 1.29 is 9.53 Å². The molecule has 0 aromatic carbocycles. The molecule has 0 aliphatic heterocycles. The van der Waals surface area contributed by atoms with Crippen LogP contribution in [0.5, 0.6) is 0 Å². The molecule has 27 heavy (non-hydrogen) atoms. The number of aromatic nitrogens is 1. The van der Waals surface area contributed by atoms with E-state index in [1.807, 2.05) is 20.8 Å². The van der Waals surface area contributed by atoms with Gasteiger partial charge in [-0.3, -0.25) is 4.99 Å². The number of thiazole rings is 1. The summed E-state index contributed by atoms with van der Waals surface area (Å²) in [5, 5.41) is 7.75. The Bertz CT molecular complexity index is 642. The molecule has 6 nitrogen and oxygen atoms in total. The van der Waals surface area contributed by atoms with Crippen LogP contribution >= 0.6 is 35.3 Å². The second kappa shape index (κ2) is 11.2. The van der Waals surface area contributed by atoms with Crippen LogP contribution in [0.1, 0.15) is 79.3 Å². The van der Waals surface area contributed by atoms with E-state index in [1.165, 1.54) is 43.4 Å². The van der Waals surface area contributed by atoms with Gasteiger partial charge in [0.2, 0.25) is 0 Å². The molecule has 1 saturated carbocycles. The number of carbonyl (C=O) groups is 1. The van der Waals surface area contributed by atoms with E-state index in [0.29, 0.717) is 16.9 Å². The smallest absolute Gasteiger partial charge is 0.350 e. The number of halogens is 1. The van der Waals surface area contributed by atoms with Gasteiger partial charge in [-0.05, 0) is 45.4 Å². The number of nitrogens with zero attached hydrogens (tertiary/aromatic N) is 2. The first-order valence-electron chi connectivity index (χ1n) is 9.56. The fraction of sp³-hybridized carbons (Fsp3) is 0.737. The predicted octanol–water partition coefficient (Wildman–Crippen LogP) is 4.44. The lowest BCUT2D eigenvalue weighted by Crippen LogP contribution is -2.43. The SMILES string of the molecule is CCOC(=O)c1sc(C(C)NC(=NC)NCC2(CC)CCCC2)nc1C.I. The van der Waals surface area contributed by atoms with Gasteiger partial charge >= 0.3 is 5.97 Å². The molecule has 2 rings (SSSR count). The molecule has 2 N–H and O–H groups in total. The largest absolute Gasteiger partial charge is 0.462 e. The van der Waals surface area contributed by atoms with Gasteiger partial charge in [0.25, 0.3) is 0 Å². The molecule has 1 aromatic heterocycles. The Balaban J connectivity index is 0.00000364. The van der Waals surface area contributed by atoms with Crippen molar-refractivity contribution in [2.24, 2.45) is 10.4 Å². The molecule has 154 valence electrons. The molecule has 0 radical (unpaired) electrons. The number of rotatable bonds is 7. The van der Waals surface area contributed by atoms with Crippen molar-refractivity contribution in [2.75, 3.05) is 20.2 Å². The van der Waals surface area contributed by atoms with Crippen LogP contribution in [-0.2, 0) is 4.74 Å². The number of hydrogen-bond donors (Lipinski definition) is 2. The summed E-state index contributed by atoms with van der Waals surface area (Å²) in [4.78, 5) is 21.5. The number of esters is 1. The van der Waals surface area contributed by atoms with Crippen LogP contribution in [0.4, 0.5) is 0 Å². The van der Waals surface area contributed by atoms with Crippen molar-refractivity contribution in [1.29, 1.82) is 0 Å². The third-order valence-electron chi connectivity index (χ3n) is 5.27. The van der Waals surface area contributed by atoms with E-state index < -0.39 is 0 Å². The zero-order valence-electron chi connectivity index (χ0n) is 17.1. The Morgan fingerprint density at radius 3 is 2.59 bits per heavy atom. The first-order chi connectivity index (χ1) is 12.4. The molecule has 0 amide bonds. The lowest BCUT2D eigenvalue weighted by molar-refractivity contribution is 0.0531. The molecular weight excluding hydrogens is 475 g/mol. The fourth-order valence-electron chi connectivity index (χ4n) is 3.50. The first kappa shape index (κ1) is 24.1. The summed E-state index contributed by atoms with van der Waals surface area (Å²) >= 11 is 1.38. The number of aliphatic imine (C=N–C) groups is 1. The normalized spacial score (nSPS) is 17.1. The van der Waals surface area contributed by atoms with Gasteiger partial charge in [0.1, 0.15) is 9.88 Å². The Morgan fingerprint density at radius 1 is 1.37 bits per heavy atom. The van der Waals surface area contributed by atoms with Crippen LogP contribution in [0.25, 0.3) is 0 Å². The molecule has 0 saturated heterocycles. The molecule has 1 heterocycles. The highest BCUT2D eigenvalue weighted by Gasteiger charge is 2.32. The summed E-state index contributed by atoms with van der Waals surface area (Å²) in [7, 11) is 1.78. The predicted molar refractivity (Wildman–Crippen MR) is 122 cm³/mol. The molecule has 1 unspecified atom stereocenters. The average molecular weight is 508 g/mol. The second-order valence-corrected chi connectivity index (χ2v) is 8.07. The highest BCUT2D eigenvalue weighted by atomic mass is 127. The van der Waals surface area contributed by atoms with E-state index in [2.05, 4.69) is 27.5 Å². The number of nitrogens with one attached hydrogen (secondary N) is 2. The number of aryl methyl sites for hydroxylation is 1. The van der Waals surface area contributed by atoms with Crippen LogP contribution < -0.4 is 10.6 Å². The maximum Gasteiger partial charge on any atom is 0.350 e. The average Bonchev–Trinajstić information content (AvgIpc) is 3.26. The number of guanidine groups is 1. The van der Waals surface area contributed by atoms with Gasteiger partial charge in [-0.15, -0.1) is 35.3 Å². The zero-order chi connectivity index (χ0) is 19.2. The molecule has 0 spiro atoms. The summed E-state index contributed by atoms with van der Waals surface area (Å²) in [5.74, 6) is 0.484. The van der Waals surface area contributed by atoms with Gasteiger partial charge in [-0.2, -0.15) is 0 Å². The van der Waals surface area contributed by atoms with E-state index in [4.69, 9.17) is 4.74 Å². The standard InChI is InChI=1S/C19H32N4O2S.HI/c1-6-19(10-8-9-11-19)12-21-18(20-5)23-14(4)16-22-13(3)15(26-16)17(24)25-7-2;/h14H,6-12H2,1-5H3,(H2,20,21,23);1H. The molecule has 1 aromatic rings. The Labute approximate surface area is 184 Å². The number of ether oxygens (including phenoxy) is 1. The molecule has 1 aliphatic carbocycles. The van der Waals surface area contributed by atoms with Gasteiger partial charge in [0, 0.05) is 13.6 Å². The van der Waals surface area contributed by atoms with Gasteiger partial charge in [-0.25, -0.2) is 9.78 Å². The molecule has 1 aliphatic rings. The summed E-state index contributed by atoms with van der Waals surface area (Å²) in [6.45, 7) is 9.28. The highest BCUT2D eigenvalue weighted by molar-refractivity contribution is 14.0. The minimum atomic E-state index is -0.297. The van der Waals surface area contributed by atoms with Crippen molar-refractivity contribution >= 4 is 47.2 Å². The van der Waals surface area contributed by atoms with Crippen LogP contribution in [-0.4, -0.2) is 37.1 Å². The van der Waals surface area contributed by atoms with Gasteiger partial charge < -0.3 is 15.4 Å². The summed E-state index contributed by atoms with van der Waals surface area (Å²) in [6, 6.07) is -0.0331. The molecule has 1 fully saturated rings.